The number of hydrogen-bond donors (Lipinski definition) is 2. The minimum atomic E-state index is -0.643. The Bertz CT molecular complexity index is 579. The van der Waals surface area contributed by atoms with E-state index in [4.69, 9.17) is 5.73 Å². The Morgan fingerprint density at radius 2 is 2.00 bits per heavy atom. The molecular formula is C18H25N3O2S. The predicted molar refractivity (Wildman–Crippen MR) is 96.9 cm³/mol. The summed E-state index contributed by atoms with van der Waals surface area (Å²) in [6.07, 6.45) is 5.16. The Morgan fingerprint density at radius 1 is 1.25 bits per heavy atom. The standard InChI is InChI=1S/C18H25N3O2S/c19-18(23)20-14(12-13-6-2-1-3-7-13)17(22)21-10-11-24-16-9-5-4-8-15(16)21/h1-3,6-7,14-16H,4-5,8-12H2,(H3,19,20,23)/t14-,15-,16+/m1/s1. The number of nitrogens with zero attached hydrogens (tertiary/aromatic N) is 1. The minimum absolute atomic E-state index is 0.00912. The number of rotatable bonds is 4. The normalized spacial score (nSPS) is 24.8. The number of urea groups is 1. The van der Waals surface area contributed by atoms with Crippen molar-refractivity contribution in [1.29, 1.82) is 0 Å². The van der Waals surface area contributed by atoms with Gasteiger partial charge in [-0.3, -0.25) is 4.79 Å². The van der Waals surface area contributed by atoms with Gasteiger partial charge in [0.15, 0.2) is 0 Å². The van der Waals surface area contributed by atoms with E-state index in [0.29, 0.717) is 17.7 Å². The smallest absolute Gasteiger partial charge is 0.312 e. The minimum Gasteiger partial charge on any atom is -0.352 e. The molecule has 5 nitrogen and oxygen atoms in total. The van der Waals surface area contributed by atoms with Crippen molar-refractivity contribution < 1.29 is 9.59 Å². The molecule has 6 heteroatoms. The first-order chi connectivity index (χ1) is 11.6. The lowest BCUT2D eigenvalue weighted by molar-refractivity contribution is -0.136. The van der Waals surface area contributed by atoms with Gasteiger partial charge in [0.2, 0.25) is 5.91 Å². The molecule has 0 aromatic heterocycles. The number of nitrogens with two attached hydrogens (primary N) is 1. The second-order valence-electron chi connectivity index (χ2n) is 6.54. The molecule has 0 bridgehead atoms. The average molecular weight is 347 g/mol. The van der Waals surface area contributed by atoms with Crippen LogP contribution in [-0.2, 0) is 11.2 Å². The lowest BCUT2D eigenvalue weighted by Crippen LogP contribution is -2.58. The molecule has 0 radical (unpaired) electrons. The highest BCUT2D eigenvalue weighted by Gasteiger charge is 2.38. The summed E-state index contributed by atoms with van der Waals surface area (Å²) in [4.78, 5) is 26.5. The van der Waals surface area contributed by atoms with Crippen LogP contribution in [0.4, 0.5) is 4.79 Å². The van der Waals surface area contributed by atoms with Crippen molar-refractivity contribution in [3.05, 3.63) is 35.9 Å². The molecule has 1 saturated carbocycles. The van der Waals surface area contributed by atoms with Crippen molar-refractivity contribution in [2.24, 2.45) is 5.73 Å². The summed E-state index contributed by atoms with van der Waals surface area (Å²) in [5, 5.41) is 3.21. The SMILES string of the molecule is NC(=O)N[C@H](Cc1ccccc1)C(=O)N1CCS[C@H]2CCCC[C@H]21. The number of amides is 3. The van der Waals surface area contributed by atoms with E-state index in [1.807, 2.05) is 47.0 Å². The van der Waals surface area contributed by atoms with Gasteiger partial charge in [0.05, 0.1) is 0 Å². The topological polar surface area (TPSA) is 75.4 Å². The van der Waals surface area contributed by atoms with E-state index in [1.54, 1.807) is 0 Å². The van der Waals surface area contributed by atoms with Gasteiger partial charge in [0.25, 0.3) is 0 Å². The van der Waals surface area contributed by atoms with Crippen LogP contribution >= 0.6 is 11.8 Å². The van der Waals surface area contributed by atoms with Crippen LogP contribution in [0, 0.1) is 0 Å². The molecule has 0 unspecified atom stereocenters. The fraction of sp³-hybridized carbons (Fsp3) is 0.556. The molecule has 1 saturated heterocycles. The van der Waals surface area contributed by atoms with Crippen LogP contribution in [0.2, 0.25) is 0 Å². The molecule has 1 aromatic carbocycles. The van der Waals surface area contributed by atoms with E-state index in [2.05, 4.69) is 5.32 Å². The molecule has 1 heterocycles. The summed E-state index contributed by atoms with van der Waals surface area (Å²) < 4.78 is 0. The van der Waals surface area contributed by atoms with E-state index in [1.165, 1.54) is 19.3 Å². The zero-order valence-corrected chi connectivity index (χ0v) is 14.6. The van der Waals surface area contributed by atoms with E-state index >= 15 is 0 Å². The zero-order chi connectivity index (χ0) is 16.9. The highest BCUT2D eigenvalue weighted by molar-refractivity contribution is 8.00. The average Bonchev–Trinajstić information content (AvgIpc) is 2.60. The fourth-order valence-electron chi connectivity index (χ4n) is 3.79. The van der Waals surface area contributed by atoms with Gasteiger partial charge in [-0.05, 0) is 18.4 Å². The lowest BCUT2D eigenvalue weighted by Gasteiger charge is -2.44. The molecular weight excluding hydrogens is 322 g/mol. The fourth-order valence-corrected chi connectivity index (χ4v) is 5.24. The number of primary amides is 1. The van der Waals surface area contributed by atoms with E-state index in [-0.39, 0.29) is 5.91 Å². The first kappa shape index (κ1) is 17.1. The summed E-state index contributed by atoms with van der Waals surface area (Å²) >= 11 is 1.99. The maximum Gasteiger partial charge on any atom is 0.312 e. The molecule has 0 spiro atoms. The Hall–Kier alpha value is -1.69. The van der Waals surface area contributed by atoms with Crippen LogP contribution in [0.3, 0.4) is 0 Å². The van der Waals surface area contributed by atoms with Crippen LogP contribution in [0.5, 0.6) is 0 Å². The number of benzene rings is 1. The van der Waals surface area contributed by atoms with Gasteiger partial charge in [-0.1, -0.05) is 43.2 Å². The Morgan fingerprint density at radius 3 is 2.75 bits per heavy atom. The van der Waals surface area contributed by atoms with Crippen molar-refractivity contribution in [3.8, 4) is 0 Å². The molecule has 3 N–H and O–H groups in total. The summed E-state index contributed by atoms with van der Waals surface area (Å²) in [7, 11) is 0. The van der Waals surface area contributed by atoms with Crippen LogP contribution in [0.15, 0.2) is 30.3 Å². The second kappa shape index (κ2) is 7.92. The highest BCUT2D eigenvalue weighted by Crippen LogP contribution is 2.35. The first-order valence-electron chi connectivity index (χ1n) is 8.67. The molecule has 3 amide bonds. The number of carbonyl (C=O) groups excluding carboxylic acids is 2. The highest BCUT2D eigenvalue weighted by atomic mass is 32.2. The predicted octanol–water partition coefficient (Wildman–Crippen LogP) is 2.15. The molecule has 1 aliphatic carbocycles. The first-order valence-corrected chi connectivity index (χ1v) is 9.72. The van der Waals surface area contributed by atoms with Gasteiger partial charge >= 0.3 is 6.03 Å². The van der Waals surface area contributed by atoms with Crippen molar-refractivity contribution >= 4 is 23.7 Å². The number of hydrogen-bond acceptors (Lipinski definition) is 3. The summed E-state index contributed by atoms with van der Waals surface area (Å²) in [5.41, 5.74) is 6.35. The number of fused-ring (bicyclic) bond motifs is 1. The Labute approximate surface area is 147 Å². The van der Waals surface area contributed by atoms with Gasteiger partial charge in [0.1, 0.15) is 6.04 Å². The zero-order valence-electron chi connectivity index (χ0n) is 13.8. The Balaban J connectivity index is 1.75. The third-order valence-electron chi connectivity index (χ3n) is 4.91. The molecule has 3 atom stereocenters. The Kier molecular flexibility index (Phi) is 5.66. The van der Waals surface area contributed by atoms with Crippen molar-refractivity contribution in [1.82, 2.24) is 10.2 Å². The molecule has 2 aliphatic rings. The summed E-state index contributed by atoms with van der Waals surface area (Å²) in [6.45, 7) is 0.760. The van der Waals surface area contributed by atoms with Crippen LogP contribution < -0.4 is 11.1 Å². The lowest BCUT2D eigenvalue weighted by atomic mass is 9.92. The molecule has 1 aromatic rings. The second-order valence-corrected chi connectivity index (χ2v) is 7.89. The number of carbonyl (C=O) groups is 2. The number of nitrogens with one attached hydrogen (secondary N) is 1. The molecule has 24 heavy (non-hydrogen) atoms. The van der Waals surface area contributed by atoms with Gasteiger partial charge in [-0.15, -0.1) is 0 Å². The largest absolute Gasteiger partial charge is 0.352 e. The van der Waals surface area contributed by atoms with Gasteiger partial charge in [-0.2, -0.15) is 11.8 Å². The van der Waals surface area contributed by atoms with Gasteiger partial charge in [-0.25, -0.2) is 4.79 Å². The number of thioether (sulfide) groups is 1. The third kappa shape index (κ3) is 4.04. The van der Waals surface area contributed by atoms with Crippen LogP contribution in [0.25, 0.3) is 0 Å². The van der Waals surface area contributed by atoms with Crippen molar-refractivity contribution in [2.45, 2.75) is 49.4 Å². The van der Waals surface area contributed by atoms with Crippen molar-refractivity contribution in [3.63, 3.8) is 0 Å². The van der Waals surface area contributed by atoms with Gasteiger partial charge in [0, 0.05) is 30.0 Å². The summed E-state index contributed by atoms with van der Waals surface area (Å²) in [5.74, 6) is 0.983. The maximum absolute atomic E-state index is 13.1. The quantitative estimate of drug-likeness (QED) is 0.876. The van der Waals surface area contributed by atoms with E-state index < -0.39 is 12.1 Å². The third-order valence-corrected chi connectivity index (χ3v) is 6.31. The maximum atomic E-state index is 13.1. The molecule has 1 aliphatic heterocycles. The van der Waals surface area contributed by atoms with Crippen molar-refractivity contribution in [2.75, 3.05) is 12.3 Å². The summed E-state index contributed by atoms with van der Waals surface area (Å²) in [6, 6.07) is 8.84. The van der Waals surface area contributed by atoms with E-state index in [9.17, 15) is 9.59 Å². The molecule has 3 rings (SSSR count). The molecule has 130 valence electrons. The molecule has 2 fully saturated rings. The monoisotopic (exact) mass is 347 g/mol. The van der Waals surface area contributed by atoms with Crippen LogP contribution in [-0.4, -0.2) is 46.5 Å². The van der Waals surface area contributed by atoms with Gasteiger partial charge < -0.3 is 16.0 Å². The van der Waals surface area contributed by atoms with Crippen LogP contribution in [0.1, 0.15) is 31.2 Å². The van der Waals surface area contributed by atoms with E-state index in [0.717, 1.165) is 24.3 Å².